The van der Waals surface area contributed by atoms with Gasteiger partial charge in [-0.05, 0) is 37.6 Å². The summed E-state index contributed by atoms with van der Waals surface area (Å²) >= 11 is 6.02. The van der Waals surface area contributed by atoms with Crippen molar-refractivity contribution < 1.29 is 9.53 Å². The summed E-state index contributed by atoms with van der Waals surface area (Å²) in [6.45, 7) is 3.98. The van der Waals surface area contributed by atoms with E-state index in [9.17, 15) is 4.79 Å². The Hall–Kier alpha value is -2.27. The number of nitrogens with zero attached hydrogens (tertiary/aromatic N) is 1. The van der Waals surface area contributed by atoms with E-state index in [0.29, 0.717) is 27.7 Å². The number of carbonyl (C=O) groups excluding carboxylic acids is 1. The summed E-state index contributed by atoms with van der Waals surface area (Å²) in [6, 6.07) is 7.14. The number of rotatable bonds is 6. The quantitative estimate of drug-likeness (QED) is 0.838. The zero-order valence-corrected chi connectivity index (χ0v) is 14.1. The zero-order chi connectivity index (χ0) is 16.8. The Morgan fingerprint density at radius 3 is 2.83 bits per heavy atom. The Balaban J connectivity index is 2.20. The van der Waals surface area contributed by atoms with Crippen molar-refractivity contribution in [2.24, 2.45) is 0 Å². The van der Waals surface area contributed by atoms with Crippen LogP contribution in [0.1, 0.15) is 30.6 Å². The second kappa shape index (κ2) is 7.83. The molecule has 1 unspecified atom stereocenters. The van der Waals surface area contributed by atoms with E-state index < -0.39 is 0 Å². The van der Waals surface area contributed by atoms with Gasteiger partial charge in [-0.15, -0.1) is 0 Å². The highest BCUT2D eigenvalue weighted by molar-refractivity contribution is 6.31. The van der Waals surface area contributed by atoms with Gasteiger partial charge in [-0.3, -0.25) is 9.78 Å². The van der Waals surface area contributed by atoms with Crippen LogP contribution in [0.2, 0.25) is 5.02 Å². The van der Waals surface area contributed by atoms with E-state index in [1.54, 1.807) is 37.6 Å². The number of pyridine rings is 1. The van der Waals surface area contributed by atoms with Gasteiger partial charge in [0.1, 0.15) is 5.75 Å². The molecule has 6 heteroatoms. The lowest BCUT2D eigenvalue weighted by molar-refractivity contribution is 0.0939. The van der Waals surface area contributed by atoms with Gasteiger partial charge in [-0.2, -0.15) is 0 Å². The van der Waals surface area contributed by atoms with E-state index in [0.717, 1.165) is 6.42 Å². The molecular formula is C17H20ClN3O2. The van der Waals surface area contributed by atoms with Gasteiger partial charge in [0.2, 0.25) is 0 Å². The standard InChI is InChI=1S/C17H20ClN3O2/c1-4-11(2)20-17(22)12-7-14(10-19-9-12)21-15-8-13(18)5-6-16(15)23-3/h5-11,21H,4H2,1-3H3,(H,20,22). The molecule has 23 heavy (non-hydrogen) atoms. The van der Waals surface area contributed by atoms with E-state index in [-0.39, 0.29) is 11.9 Å². The van der Waals surface area contributed by atoms with Gasteiger partial charge in [0.05, 0.1) is 30.2 Å². The van der Waals surface area contributed by atoms with Crippen LogP contribution in [0.3, 0.4) is 0 Å². The predicted molar refractivity (Wildman–Crippen MR) is 92.7 cm³/mol. The molecule has 2 rings (SSSR count). The van der Waals surface area contributed by atoms with Gasteiger partial charge < -0.3 is 15.4 Å². The van der Waals surface area contributed by atoms with Crippen LogP contribution in [0.15, 0.2) is 36.7 Å². The summed E-state index contributed by atoms with van der Waals surface area (Å²) in [5.74, 6) is 0.511. The molecule has 1 heterocycles. The molecule has 5 nitrogen and oxygen atoms in total. The minimum Gasteiger partial charge on any atom is -0.495 e. The molecule has 0 radical (unpaired) electrons. The summed E-state index contributed by atoms with van der Waals surface area (Å²) in [7, 11) is 1.59. The van der Waals surface area contributed by atoms with E-state index in [4.69, 9.17) is 16.3 Å². The van der Waals surface area contributed by atoms with E-state index in [2.05, 4.69) is 15.6 Å². The predicted octanol–water partition coefficient (Wildman–Crippen LogP) is 4.02. The van der Waals surface area contributed by atoms with Gasteiger partial charge in [0, 0.05) is 17.3 Å². The maximum atomic E-state index is 12.2. The van der Waals surface area contributed by atoms with Gasteiger partial charge >= 0.3 is 0 Å². The first-order valence-electron chi connectivity index (χ1n) is 7.40. The molecule has 2 aromatic rings. The average molecular weight is 334 g/mol. The topological polar surface area (TPSA) is 63.2 Å². The fourth-order valence-electron chi connectivity index (χ4n) is 1.98. The molecule has 0 aliphatic rings. The van der Waals surface area contributed by atoms with Crippen LogP contribution < -0.4 is 15.4 Å². The molecule has 0 spiro atoms. The third kappa shape index (κ3) is 4.60. The second-order valence-electron chi connectivity index (χ2n) is 5.21. The number of amides is 1. The largest absolute Gasteiger partial charge is 0.495 e. The second-order valence-corrected chi connectivity index (χ2v) is 5.65. The van der Waals surface area contributed by atoms with Crippen LogP contribution in [-0.4, -0.2) is 24.0 Å². The molecule has 122 valence electrons. The maximum absolute atomic E-state index is 12.2. The van der Waals surface area contributed by atoms with Crippen LogP contribution in [0.5, 0.6) is 5.75 Å². The van der Waals surface area contributed by atoms with Crippen molar-refractivity contribution in [1.82, 2.24) is 10.3 Å². The first-order chi connectivity index (χ1) is 11.0. The van der Waals surface area contributed by atoms with E-state index in [1.807, 2.05) is 13.8 Å². The van der Waals surface area contributed by atoms with Crippen molar-refractivity contribution in [3.63, 3.8) is 0 Å². The molecule has 0 fully saturated rings. The Morgan fingerprint density at radius 1 is 1.35 bits per heavy atom. The van der Waals surface area contributed by atoms with E-state index in [1.165, 1.54) is 6.20 Å². The lowest BCUT2D eigenvalue weighted by Crippen LogP contribution is -2.31. The van der Waals surface area contributed by atoms with Crippen LogP contribution in [0.4, 0.5) is 11.4 Å². The number of hydrogen-bond acceptors (Lipinski definition) is 4. The Morgan fingerprint density at radius 2 is 2.13 bits per heavy atom. The zero-order valence-electron chi connectivity index (χ0n) is 13.4. The summed E-state index contributed by atoms with van der Waals surface area (Å²) < 4.78 is 5.30. The van der Waals surface area contributed by atoms with Crippen molar-refractivity contribution >= 4 is 28.9 Å². The van der Waals surface area contributed by atoms with E-state index >= 15 is 0 Å². The molecular weight excluding hydrogens is 314 g/mol. The van der Waals surface area contributed by atoms with Crippen LogP contribution >= 0.6 is 11.6 Å². The summed E-state index contributed by atoms with van der Waals surface area (Å²) in [5.41, 5.74) is 1.89. The Bertz CT molecular complexity index is 691. The van der Waals surface area contributed by atoms with Crippen molar-refractivity contribution in [1.29, 1.82) is 0 Å². The van der Waals surface area contributed by atoms with Crippen molar-refractivity contribution in [2.45, 2.75) is 26.3 Å². The number of halogens is 1. The van der Waals surface area contributed by atoms with Crippen LogP contribution in [0.25, 0.3) is 0 Å². The first-order valence-corrected chi connectivity index (χ1v) is 7.77. The van der Waals surface area contributed by atoms with Gasteiger partial charge in [-0.25, -0.2) is 0 Å². The van der Waals surface area contributed by atoms with Gasteiger partial charge in [-0.1, -0.05) is 18.5 Å². The Kier molecular flexibility index (Phi) is 5.82. The number of aromatic nitrogens is 1. The number of anilines is 2. The maximum Gasteiger partial charge on any atom is 0.253 e. The highest BCUT2D eigenvalue weighted by atomic mass is 35.5. The molecule has 0 bridgehead atoms. The Labute approximate surface area is 141 Å². The van der Waals surface area contributed by atoms with Crippen molar-refractivity contribution in [3.05, 3.63) is 47.2 Å². The smallest absolute Gasteiger partial charge is 0.253 e. The molecule has 0 saturated carbocycles. The van der Waals surface area contributed by atoms with Crippen LogP contribution in [-0.2, 0) is 0 Å². The summed E-state index contributed by atoms with van der Waals surface area (Å²) in [5, 5.41) is 6.68. The minimum absolute atomic E-state index is 0.118. The van der Waals surface area contributed by atoms with Crippen LogP contribution in [0, 0.1) is 0 Å². The molecule has 0 aliphatic heterocycles. The van der Waals surface area contributed by atoms with Gasteiger partial charge in [0.15, 0.2) is 0 Å². The number of methoxy groups -OCH3 is 1. The SMILES string of the molecule is CCC(C)NC(=O)c1cncc(Nc2cc(Cl)ccc2OC)c1. The van der Waals surface area contributed by atoms with Gasteiger partial charge in [0.25, 0.3) is 5.91 Å². The molecule has 2 N–H and O–H groups in total. The molecule has 1 aromatic heterocycles. The monoisotopic (exact) mass is 333 g/mol. The highest BCUT2D eigenvalue weighted by Gasteiger charge is 2.11. The summed E-state index contributed by atoms with van der Waals surface area (Å²) in [6.07, 6.45) is 4.05. The fraction of sp³-hybridized carbons (Fsp3) is 0.294. The molecule has 0 aliphatic carbocycles. The highest BCUT2D eigenvalue weighted by Crippen LogP contribution is 2.30. The number of carbonyl (C=O) groups is 1. The lowest BCUT2D eigenvalue weighted by atomic mass is 10.2. The third-order valence-electron chi connectivity index (χ3n) is 3.43. The normalized spacial score (nSPS) is 11.7. The number of benzene rings is 1. The minimum atomic E-state index is -0.145. The molecule has 0 saturated heterocycles. The third-order valence-corrected chi connectivity index (χ3v) is 3.67. The number of ether oxygens (including phenoxy) is 1. The fourth-order valence-corrected chi connectivity index (χ4v) is 2.15. The molecule has 1 aromatic carbocycles. The number of nitrogens with one attached hydrogen (secondary N) is 2. The lowest BCUT2D eigenvalue weighted by Gasteiger charge is -2.13. The van der Waals surface area contributed by atoms with Crippen molar-refractivity contribution in [3.8, 4) is 5.75 Å². The molecule has 1 atom stereocenters. The number of hydrogen-bond donors (Lipinski definition) is 2. The average Bonchev–Trinajstić information content (AvgIpc) is 2.55. The molecule has 1 amide bonds. The van der Waals surface area contributed by atoms with Crippen molar-refractivity contribution in [2.75, 3.05) is 12.4 Å². The first kappa shape index (κ1) is 17.1. The summed E-state index contributed by atoms with van der Waals surface area (Å²) in [4.78, 5) is 16.3.